The van der Waals surface area contributed by atoms with Gasteiger partial charge in [-0.3, -0.25) is 14.6 Å². The van der Waals surface area contributed by atoms with Crippen molar-refractivity contribution in [2.75, 3.05) is 6.61 Å². The van der Waals surface area contributed by atoms with Crippen LogP contribution in [0.5, 0.6) is 5.88 Å². The van der Waals surface area contributed by atoms with Gasteiger partial charge in [-0.1, -0.05) is 0 Å². The Kier molecular flexibility index (Phi) is 7.06. The van der Waals surface area contributed by atoms with Crippen LogP contribution < -0.4 is 10.1 Å². The molecule has 0 aliphatic rings. The number of hydrogen-bond acceptors (Lipinski definition) is 5. The molecule has 0 aromatic carbocycles. The van der Waals surface area contributed by atoms with E-state index < -0.39 is 36.5 Å². The number of nitrogens with zero attached hydrogens (tertiary/aromatic N) is 2. The van der Waals surface area contributed by atoms with Crippen molar-refractivity contribution in [2.45, 2.75) is 38.4 Å². The predicted molar refractivity (Wildman–Crippen MR) is 95.2 cm³/mol. The van der Waals surface area contributed by atoms with E-state index in [-0.39, 0.29) is 17.8 Å². The Hall–Kier alpha value is -3.11. The van der Waals surface area contributed by atoms with Crippen LogP contribution in [-0.2, 0) is 11.2 Å². The predicted octanol–water partition coefficient (Wildman–Crippen LogP) is 3.68. The second-order valence-electron chi connectivity index (χ2n) is 6.53. The quantitative estimate of drug-likeness (QED) is 0.645. The molecule has 2 aromatic heterocycles. The van der Waals surface area contributed by atoms with Crippen LogP contribution in [0.2, 0.25) is 0 Å². The molecule has 0 saturated carbocycles. The number of nitrogens with one attached hydrogen (secondary N) is 1. The van der Waals surface area contributed by atoms with Gasteiger partial charge in [-0.25, -0.2) is 4.98 Å². The van der Waals surface area contributed by atoms with Crippen molar-refractivity contribution >= 4 is 11.7 Å². The molecule has 2 rings (SSSR count). The SMILES string of the molecule is CC(=O)Cc1cc(C(C)NC(=O)c2ccc(OCC(F)(F)C(F)(F)F)nc2)ccn1. The van der Waals surface area contributed by atoms with Gasteiger partial charge in [-0.15, -0.1) is 0 Å². The van der Waals surface area contributed by atoms with Gasteiger partial charge in [-0.2, -0.15) is 22.0 Å². The molecule has 1 atom stereocenters. The van der Waals surface area contributed by atoms with Gasteiger partial charge in [0.05, 0.1) is 11.6 Å². The van der Waals surface area contributed by atoms with Crippen LogP contribution in [0.15, 0.2) is 36.7 Å². The number of Topliss-reactive ketones (excluding diaryl/α,β-unsaturated/α-hetero) is 1. The number of rotatable bonds is 8. The summed E-state index contributed by atoms with van der Waals surface area (Å²) in [5.74, 6) is -6.11. The number of alkyl halides is 5. The Labute approximate surface area is 168 Å². The van der Waals surface area contributed by atoms with Gasteiger partial charge >= 0.3 is 12.1 Å². The summed E-state index contributed by atoms with van der Waals surface area (Å²) in [4.78, 5) is 31.2. The van der Waals surface area contributed by atoms with Crippen molar-refractivity contribution in [3.8, 4) is 5.88 Å². The van der Waals surface area contributed by atoms with E-state index in [0.29, 0.717) is 11.3 Å². The second kappa shape index (κ2) is 9.14. The van der Waals surface area contributed by atoms with E-state index in [2.05, 4.69) is 20.0 Å². The number of halogens is 5. The van der Waals surface area contributed by atoms with Crippen molar-refractivity contribution in [1.82, 2.24) is 15.3 Å². The number of carbonyl (C=O) groups is 2. The molecule has 0 aliphatic heterocycles. The highest BCUT2D eigenvalue weighted by atomic mass is 19.4. The summed E-state index contributed by atoms with van der Waals surface area (Å²) in [5.41, 5.74) is 1.31. The minimum absolute atomic E-state index is 0.0507. The van der Waals surface area contributed by atoms with Crippen molar-refractivity contribution in [3.05, 3.63) is 53.5 Å². The molecule has 0 spiro atoms. The molecule has 0 saturated heterocycles. The fourth-order valence-electron chi connectivity index (χ4n) is 2.33. The third-order valence-corrected chi connectivity index (χ3v) is 3.93. The zero-order valence-corrected chi connectivity index (χ0v) is 16.0. The first kappa shape index (κ1) is 23.2. The molecule has 30 heavy (non-hydrogen) atoms. The molecule has 11 heteroatoms. The molecule has 162 valence electrons. The van der Waals surface area contributed by atoms with E-state index in [1.807, 2.05) is 0 Å². The Morgan fingerprint density at radius 1 is 1.13 bits per heavy atom. The highest BCUT2D eigenvalue weighted by molar-refractivity contribution is 5.94. The van der Waals surface area contributed by atoms with Gasteiger partial charge in [0.1, 0.15) is 5.78 Å². The van der Waals surface area contributed by atoms with Gasteiger partial charge in [0.15, 0.2) is 6.61 Å². The van der Waals surface area contributed by atoms with Crippen LogP contribution in [0.25, 0.3) is 0 Å². The summed E-state index contributed by atoms with van der Waals surface area (Å²) in [6, 6.07) is 5.10. The first-order chi connectivity index (χ1) is 13.9. The monoisotopic (exact) mass is 431 g/mol. The number of aromatic nitrogens is 2. The number of carbonyl (C=O) groups excluding carboxylic acids is 2. The lowest BCUT2D eigenvalue weighted by Gasteiger charge is -2.19. The Morgan fingerprint density at radius 3 is 2.40 bits per heavy atom. The van der Waals surface area contributed by atoms with Gasteiger partial charge < -0.3 is 10.1 Å². The summed E-state index contributed by atoms with van der Waals surface area (Å²) < 4.78 is 66.5. The molecule has 1 N–H and O–H groups in total. The van der Waals surface area contributed by atoms with Crippen LogP contribution in [-0.4, -0.2) is 40.4 Å². The summed E-state index contributed by atoms with van der Waals surface area (Å²) in [6.07, 6.45) is -3.06. The number of pyridine rings is 2. The summed E-state index contributed by atoms with van der Waals surface area (Å²) in [7, 11) is 0. The number of amides is 1. The maximum absolute atomic E-state index is 12.9. The van der Waals surface area contributed by atoms with Crippen LogP contribution in [0.3, 0.4) is 0 Å². The molecular formula is C19H18F5N3O3. The van der Waals surface area contributed by atoms with Gasteiger partial charge in [-0.05, 0) is 37.6 Å². The van der Waals surface area contributed by atoms with Gasteiger partial charge in [0.2, 0.25) is 5.88 Å². The van der Waals surface area contributed by atoms with Crippen LogP contribution in [0.1, 0.15) is 41.5 Å². The standard InChI is InChI=1S/C19H18F5N3O3/c1-11(28)7-15-8-13(5-6-25-15)12(2)27-17(29)14-3-4-16(26-9-14)30-10-18(20,21)19(22,23)24/h3-6,8-9,12H,7,10H2,1-2H3,(H,27,29). The molecule has 0 bridgehead atoms. The number of hydrogen-bond donors (Lipinski definition) is 1. The molecular weight excluding hydrogens is 413 g/mol. The van der Waals surface area contributed by atoms with E-state index in [1.165, 1.54) is 19.2 Å². The lowest BCUT2D eigenvalue weighted by Crippen LogP contribution is -2.41. The second-order valence-corrected chi connectivity index (χ2v) is 6.53. The van der Waals surface area contributed by atoms with Crippen LogP contribution >= 0.6 is 0 Å². The first-order valence-corrected chi connectivity index (χ1v) is 8.67. The lowest BCUT2D eigenvalue weighted by atomic mass is 10.1. The average Bonchev–Trinajstić information content (AvgIpc) is 2.65. The minimum Gasteiger partial charge on any atom is -0.471 e. The van der Waals surface area contributed by atoms with Crippen molar-refractivity contribution in [1.29, 1.82) is 0 Å². The summed E-state index contributed by atoms with van der Waals surface area (Å²) >= 11 is 0. The average molecular weight is 431 g/mol. The van der Waals surface area contributed by atoms with E-state index >= 15 is 0 Å². The van der Waals surface area contributed by atoms with Crippen molar-refractivity contribution in [2.24, 2.45) is 0 Å². The van der Waals surface area contributed by atoms with E-state index in [9.17, 15) is 31.5 Å². The zero-order chi connectivity index (χ0) is 22.5. The van der Waals surface area contributed by atoms with E-state index in [4.69, 9.17) is 0 Å². The molecule has 0 fully saturated rings. The van der Waals surface area contributed by atoms with Crippen LogP contribution in [0.4, 0.5) is 22.0 Å². The Morgan fingerprint density at radius 2 is 1.83 bits per heavy atom. The topological polar surface area (TPSA) is 81.2 Å². The van der Waals surface area contributed by atoms with Crippen molar-refractivity contribution in [3.63, 3.8) is 0 Å². The lowest BCUT2D eigenvalue weighted by molar-refractivity contribution is -0.290. The number of ketones is 1. The normalized spacial score (nSPS) is 12.9. The van der Waals surface area contributed by atoms with E-state index in [1.54, 1.807) is 19.1 Å². The van der Waals surface area contributed by atoms with Gasteiger partial charge in [0.25, 0.3) is 5.91 Å². The van der Waals surface area contributed by atoms with Gasteiger partial charge in [0, 0.05) is 30.6 Å². The number of ether oxygens (including phenoxy) is 1. The molecule has 2 heterocycles. The molecule has 2 aromatic rings. The van der Waals surface area contributed by atoms with E-state index in [0.717, 1.165) is 12.3 Å². The summed E-state index contributed by atoms with van der Waals surface area (Å²) in [6.45, 7) is 1.22. The molecule has 0 aliphatic carbocycles. The first-order valence-electron chi connectivity index (χ1n) is 8.67. The molecule has 1 amide bonds. The third kappa shape index (κ3) is 6.19. The fraction of sp³-hybridized carbons (Fsp3) is 0.368. The maximum atomic E-state index is 12.9. The van der Waals surface area contributed by atoms with Crippen molar-refractivity contribution < 1.29 is 36.3 Å². The largest absolute Gasteiger partial charge is 0.471 e. The van der Waals surface area contributed by atoms with Crippen LogP contribution in [0, 0.1) is 0 Å². The minimum atomic E-state index is -5.74. The molecule has 6 nitrogen and oxygen atoms in total. The summed E-state index contributed by atoms with van der Waals surface area (Å²) in [5, 5.41) is 2.69. The fourth-order valence-corrected chi connectivity index (χ4v) is 2.33. The maximum Gasteiger partial charge on any atom is 0.456 e. The Balaban J connectivity index is 1.98. The molecule has 0 radical (unpaired) electrons. The smallest absolute Gasteiger partial charge is 0.456 e. The zero-order valence-electron chi connectivity index (χ0n) is 16.0. The molecule has 1 unspecified atom stereocenters. The third-order valence-electron chi connectivity index (χ3n) is 3.93. The Bertz CT molecular complexity index is 901. The highest BCUT2D eigenvalue weighted by Crippen LogP contribution is 2.35. The highest BCUT2D eigenvalue weighted by Gasteiger charge is 2.58.